The van der Waals surface area contributed by atoms with Crippen LogP contribution in [0, 0.1) is 0 Å². The normalized spacial score (nSPS) is 24.2. The van der Waals surface area contributed by atoms with Gasteiger partial charge in [-0.15, -0.1) is 0 Å². The second-order valence-electron chi connectivity index (χ2n) is 4.38. The van der Waals surface area contributed by atoms with Crippen molar-refractivity contribution in [2.45, 2.75) is 38.3 Å². The van der Waals surface area contributed by atoms with Crippen LogP contribution < -0.4 is 0 Å². The van der Waals surface area contributed by atoms with Gasteiger partial charge in [-0.3, -0.25) is 14.9 Å². The van der Waals surface area contributed by atoms with Gasteiger partial charge >= 0.3 is 0 Å². The van der Waals surface area contributed by atoms with Crippen molar-refractivity contribution in [2.75, 3.05) is 13.2 Å². The average molecular weight is 221 g/mol. The van der Waals surface area contributed by atoms with Crippen LogP contribution >= 0.6 is 0 Å². The predicted molar refractivity (Wildman–Crippen MR) is 61.9 cm³/mol. The van der Waals surface area contributed by atoms with Crippen molar-refractivity contribution in [3.8, 4) is 0 Å². The number of likely N-dealkylation sites (tertiary alicyclic amines) is 1. The number of rotatable bonds is 3. The third-order valence-corrected chi connectivity index (χ3v) is 3.39. The van der Waals surface area contributed by atoms with Gasteiger partial charge in [0.25, 0.3) is 0 Å². The SMILES string of the molecule is C[C@@H](c1cnccn1)N1CCCC[C@@H]1CO. The van der Waals surface area contributed by atoms with Crippen LogP contribution in [0.2, 0.25) is 0 Å². The summed E-state index contributed by atoms with van der Waals surface area (Å²) in [4.78, 5) is 10.8. The maximum Gasteiger partial charge on any atom is 0.0755 e. The van der Waals surface area contributed by atoms with E-state index in [4.69, 9.17) is 0 Å². The summed E-state index contributed by atoms with van der Waals surface area (Å²) >= 11 is 0. The third-order valence-electron chi connectivity index (χ3n) is 3.39. The molecule has 1 fully saturated rings. The average Bonchev–Trinajstić information content (AvgIpc) is 2.39. The molecule has 0 radical (unpaired) electrons. The van der Waals surface area contributed by atoms with Gasteiger partial charge in [-0.25, -0.2) is 0 Å². The number of aromatic nitrogens is 2. The summed E-state index contributed by atoms with van der Waals surface area (Å²) in [6, 6.07) is 0.525. The fourth-order valence-electron chi connectivity index (χ4n) is 2.43. The molecule has 0 saturated carbocycles. The van der Waals surface area contributed by atoms with Gasteiger partial charge in [0.15, 0.2) is 0 Å². The van der Waals surface area contributed by atoms with Crippen molar-refractivity contribution in [1.29, 1.82) is 0 Å². The lowest BCUT2D eigenvalue weighted by atomic mass is 10.00. The minimum absolute atomic E-state index is 0.241. The first-order chi connectivity index (χ1) is 7.83. The summed E-state index contributed by atoms with van der Waals surface area (Å²) < 4.78 is 0. The fraction of sp³-hybridized carbons (Fsp3) is 0.667. The van der Waals surface area contributed by atoms with E-state index in [0.717, 1.165) is 18.7 Å². The largest absolute Gasteiger partial charge is 0.395 e. The van der Waals surface area contributed by atoms with Gasteiger partial charge in [-0.1, -0.05) is 6.42 Å². The molecule has 0 aliphatic carbocycles. The molecule has 1 aliphatic rings. The standard InChI is InChI=1S/C12H19N3O/c1-10(12-8-13-5-6-14-12)15-7-3-2-4-11(15)9-16/h5-6,8,10-11,16H,2-4,7,9H2,1H3/t10-,11+/m0/s1. The van der Waals surface area contributed by atoms with E-state index in [1.807, 2.05) is 6.20 Å². The second kappa shape index (κ2) is 5.37. The monoisotopic (exact) mass is 221 g/mol. The Morgan fingerprint density at radius 2 is 2.38 bits per heavy atom. The quantitative estimate of drug-likeness (QED) is 0.838. The first-order valence-corrected chi connectivity index (χ1v) is 5.95. The Morgan fingerprint density at radius 3 is 3.06 bits per heavy atom. The number of nitrogens with zero attached hydrogens (tertiary/aromatic N) is 3. The van der Waals surface area contributed by atoms with E-state index < -0.39 is 0 Å². The van der Waals surface area contributed by atoms with Crippen LogP contribution in [0.15, 0.2) is 18.6 Å². The summed E-state index contributed by atoms with van der Waals surface area (Å²) in [6.45, 7) is 3.42. The van der Waals surface area contributed by atoms with E-state index in [2.05, 4.69) is 21.8 Å². The Hall–Kier alpha value is -1.00. The maximum atomic E-state index is 9.38. The van der Waals surface area contributed by atoms with Crippen LogP contribution in [0.5, 0.6) is 0 Å². The molecule has 0 bridgehead atoms. The second-order valence-corrected chi connectivity index (χ2v) is 4.38. The number of piperidine rings is 1. The van der Waals surface area contributed by atoms with Crippen molar-refractivity contribution >= 4 is 0 Å². The Bertz CT molecular complexity index is 317. The van der Waals surface area contributed by atoms with Crippen LogP contribution in [0.3, 0.4) is 0 Å². The van der Waals surface area contributed by atoms with Crippen molar-refractivity contribution < 1.29 is 5.11 Å². The highest BCUT2D eigenvalue weighted by molar-refractivity contribution is 5.02. The maximum absolute atomic E-state index is 9.38. The first-order valence-electron chi connectivity index (χ1n) is 5.95. The summed E-state index contributed by atoms with van der Waals surface area (Å²) in [5.74, 6) is 0. The predicted octanol–water partition coefficient (Wildman–Crippen LogP) is 1.38. The van der Waals surface area contributed by atoms with Crippen LogP contribution in [-0.4, -0.2) is 39.2 Å². The zero-order valence-electron chi connectivity index (χ0n) is 9.71. The molecule has 88 valence electrons. The summed E-state index contributed by atoms with van der Waals surface area (Å²) in [5, 5.41) is 9.38. The number of hydrogen-bond donors (Lipinski definition) is 1. The molecule has 1 aliphatic heterocycles. The lowest BCUT2D eigenvalue weighted by Gasteiger charge is -2.38. The van der Waals surface area contributed by atoms with Gasteiger partial charge in [0.1, 0.15) is 0 Å². The molecule has 2 heterocycles. The topological polar surface area (TPSA) is 49.2 Å². The van der Waals surface area contributed by atoms with Gasteiger partial charge in [0.05, 0.1) is 18.3 Å². The molecule has 0 aromatic carbocycles. The van der Waals surface area contributed by atoms with Gasteiger partial charge in [-0.05, 0) is 26.3 Å². The summed E-state index contributed by atoms with van der Waals surface area (Å²) in [6.07, 6.45) is 8.74. The molecule has 4 nitrogen and oxygen atoms in total. The number of aliphatic hydroxyl groups excluding tert-OH is 1. The molecule has 0 spiro atoms. The third kappa shape index (κ3) is 2.39. The molecular weight excluding hydrogens is 202 g/mol. The molecule has 4 heteroatoms. The Kier molecular flexibility index (Phi) is 3.85. The molecule has 2 rings (SSSR count). The molecular formula is C12H19N3O. The van der Waals surface area contributed by atoms with Gasteiger partial charge in [0, 0.05) is 24.6 Å². The van der Waals surface area contributed by atoms with E-state index in [-0.39, 0.29) is 18.7 Å². The Balaban J connectivity index is 2.10. The lowest BCUT2D eigenvalue weighted by Crippen LogP contribution is -2.43. The Morgan fingerprint density at radius 1 is 1.50 bits per heavy atom. The molecule has 1 N–H and O–H groups in total. The lowest BCUT2D eigenvalue weighted by molar-refractivity contribution is 0.0572. The molecule has 2 atom stereocenters. The molecule has 1 aromatic heterocycles. The van der Waals surface area contributed by atoms with Gasteiger partial charge in [-0.2, -0.15) is 0 Å². The minimum Gasteiger partial charge on any atom is -0.395 e. The van der Waals surface area contributed by atoms with E-state index in [1.54, 1.807) is 12.4 Å². The van der Waals surface area contributed by atoms with Crippen molar-refractivity contribution in [2.24, 2.45) is 0 Å². The van der Waals surface area contributed by atoms with Crippen LogP contribution in [0.4, 0.5) is 0 Å². The van der Waals surface area contributed by atoms with Gasteiger partial charge < -0.3 is 5.11 Å². The van der Waals surface area contributed by atoms with Crippen LogP contribution in [0.25, 0.3) is 0 Å². The number of aliphatic hydroxyl groups is 1. The van der Waals surface area contributed by atoms with E-state index in [1.165, 1.54) is 12.8 Å². The van der Waals surface area contributed by atoms with Crippen LogP contribution in [0.1, 0.15) is 37.9 Å². The molecule has 0 unspecified atom stereocenters. The summed E-state index contributed by atoms with van der Waals surface area (Å²) in [7, 11) is 0. The first kappa shape index (κ1) is 11.5. The van der Waals surface area contributed by atoms with E-state index in [0.29, 0.717) is 0 Å². The molecule has 1 saturated heterocycles. The van der Waals surface area contributed by atoms with Crippen LogP contribution in [-0.2, 0) is 0 Å². The van der Waals surface area contributed by atoms with E-state index >= 15 is 0 Å². The van der Waals surface area contributed by atoms with Crippen molar-refractivity contribution in [3.63, 3.8) is 0 Å². The van der Waals surface area contributed by atoms with E-state index in [9.17, 15) is 5.11 Å². The molecule has 0 amide bonds. The zero-order chi connectivity index (χ0) is 11.4. The highest BCUT2D eigenvalue weighted by Crippen LogP contribution is 2.26. The smallest absolute Gasteiger partial charge is 0.0755 e. The summed E-state index contributed by atoms with van der Waals surface area (Å²) in [5.41, 5.74) is 0.989. The number of hydrogen-bond acceptors (Lipinski definition) is 4. The highest BCUT2D eigenvalue weighted by Gasteiger charge is 2.27. The van der Waals surface area contributed by atoms with Crippen molar-refractivity contribution in [1.82, 2.24) is 14.9 Å². The van der Waals surface area contributed by atoms with Gasteiger partial charge in [0.2, 0.25) is 0 Å². The highest BCUT2D eigenvalue weighted by atomic mass is 16.3. The molecule has 1 aromatic rings. The molecule has 16 heavy (non-hydrogen) atoms. The minimum atomic E-state index is 0.241. The van der Waals surface area contributed by atoms with Crippen molar-refractivity contribution in [3.05, 3.63) is 24.3 Å². The Labute approximate surface area is 96.3 Å². The fourth-order valence-corrected chi connectivity index (χ4v) is 2.43. The zero-order valence-corrected chi connectivity index (χ0v) is 9.71.